The van der Waals surface area contributed by atoms with E-state index in [9.17, 15) is 4.79 Å². The number of carbonyl (C=O) groups is 1. The minimum Gasteiger partial charge on any atom is -0.508 e. The lowest BCUT2D eigenvalue weighted by Gasteiger charge is -2.12. The van der Waals surface area contributed by atoms with E-state index in [-0.39, 0.29) is 23.7 Å². The van der Waals surface area contributed by atoms with Crippen LogP contribution in [0.5, 0.6) is 5.75 Å². The molecule has 0 spiro atoms. The molecule has 0 radical (unpaired) electrons. The molecule has 0 bridgehead atoms. The number of hydrogen-bond acceptors (Lipinski definition) is 7. The van der Waals surface area contributed by atoms with Crippen LogP contribution in [-0.4, -0.2) is 46.0 Å². The molecule has 118 valence electrons. The average Bonchev–Trinajstić information content (AvgIpc) is 2.44. The first-order valence-corrected chi connectivity index (χ1v) is 6.61. The fourth-order valence-corrected chi connectivity index (χ4v) is 1.69. The zero-order valence-electron chi connectivity index (χ0n) is 11.6. The second-order valence-electron chi connectivity index (χ2n) is 4.56. The first kappa shape index (κ1) is 17.3. The summed E-state index contributed by atoms with van der Waals surface area (Å²) >= 11 is 0. The van der Waals surface area contributed by atoms with Crippen molar-refractivity contribution in [2.75, 3.05) is 13.2 Å². The third kappa shape index (κ3) is 7.59. The molecule has 1 unspecified atom stereocenters. The van der Waals surface area contributed by atoms with Crippen LogP contribution in [0.25, 0.3) is 0 Å². The molecular formula is C13H21N3O5. The molecule has 8 nitrogen and oxygen atoms in total. The highest BCUT2D eigenvalue weighted by Gasteiger charge is 2.13. The van der Waals surface area contributed by atoms with E-state index in [0.29, 0.717) is 25.8 Å². The number of hydrogen-bond donors (Lipinski definition) is 5. The predicted octanol–water partition coefficient (Wildman–Crippen LogP) is 0.170. The number of phenolic OH excluding ortho intramolecular Hbond substituents is 1. The maximum atomic E-state index is 11.8. The van der Waals surface area contributed by atoms with Gasteiger partial charge < -0.3 is 16.2 Å². The molecule has 0 aromatic heterocycles. The number of amides is 1. The molecular weight excluding hydrogens is 278 g/mol. The molecule has 21 heavy (non-hydrogen) atoms. The minimum absolute atomic E-state index is 0.141. The topological polar surface area (TPSA) is 128 Å². The Hall–Kier alpha value is -1.71. The first-order valence-electron chi connectivity index (χ1n) is 6.61. The Morgan fingerprint density at radius 1 is 1.29 bits per heavy atom. The Morgan fingerprint density at radius 2 is 1.95 bits per heavy atom. The fourth-order valence-electron chi connectivity index (χ4n) is 1.69. The summed E-state index contributed by atoms with van der Waals surface area (Å²) in [5.41, 5.74) is 6.67. The van der Waals surface area contributed by atoms with Crippen molar-refractivity contribution in [3.8, 4) is 5.75 Å². The van der Waals surface area contributed by atoms with Gasteiger partial charge in [-0.1, -0.05) is 12.1 Å². The van der Waals surface area contributed by atoms with Crippen molar-refractivity contribution in [2.24, 2.45) is 5.73 Å². The van der Waals surface area contributed by atoms with E-state index < -0.39 is 6.04 Å². The molecule has 1 rings (SSSR count). The highest BCUT2D eigenvalue weighted by molar-refractivity contribution is 5.81. The summed E-state index contributed by atoms with van der Waals surface area (Å²) in [4.78, 5) is 16.1. The van der Waals surface area contributed by atoms with Gasteiger partial charge in [0.1, 0.15) is 5.75 Å². The quantitative estimate of drug-likeness (QED) is 0.325. The second-order valence-corrected chi connectivity index (χ2v) is 4.56. The maximum Gasteiger partial charge on any atom is 0.237 e. The fraction of sp³-hybridized carbons (Fsp3) is 0.462. The molecule has 1 aromatic rings. The molecule has 0 heterocycles. The van der Waals surface area contributed by atoms with Crippen LogP contribution in [0.3, 0.4) is 0 Å². The monoisotopic (exact) mass is 299 g/mol. The number of rotatable bonds is 9. The Morgan fingerprint density at radius 3 is 2.57 bits per heavy atom. The summed E-state index contributed by atoms with van der Waals surface area (Å²) in [5.74, 6) is -0.0850. The number of nitrogens with one attached hydrogen (secondary N) is 1. The molecule has 0 aliphatic rings. The number of aromatic hydroxyl groups is 1. The molecule has 0 saturated heterocycles. The zero-order chi connectivity index (χ0) is 15.7. The third-order valence-corrected chi connectivity index (χ3v) is 2.81. The smallest absolute Gasteiger partial charge is 0.237 e. The Bertz CT molecular complexity index is 424. The van der Waals surface area contributed by atoms with E-state index in [0.717, 1.165) is 5.56 Å². The van der Waals surface area contributed by atoms with Gasteiger partial charge in [0.25, 0.3) is 0 Å². The van der Waals surface area contributed by atoms with Crippen molar-refractivity contribution in [3.63, 3.8) is 0 Å². The molecule has 0 fully saturated rings. The van der Waals surface area contributed by atoms with Crippen LogP contribution >= 0.6 is 0 Å². The highest BCUT2D eigenvalue weighted by atomic mass is 17.1. The van der Waals surface area contributed by atoms with Gasteiger partial charge in [0.05, 0.1) is 18.0 Å². The number of nitrogens with two attached hydrogens (primary N) is 1. The number of nitrogens with zero attached hydrogens (tertiary/aromatic N) is 1. The van der Waals surface area contributed by atoms with Crippen LogP contribution in [0.4, 0.5) is 0 Å². The van der Waals surface area contributed by atoms with Gasteiger partial charge in [-0.3, -0.25) is 20.0 Å². The van der Waals surface area contributed by atoms with Gasteiger partial charge in [-0.25, -0.2) is 0 Å². The van der Waals surface area contributed by atoms with E-state index in [2.05, 4.69) is 10.2 Å². The lowest BCUT2D eigenvalue weighted by molar-refractivity contribution is -0.492. The van der Waals surface area contributed by atoms with E-state index in [1.54, 1.807) is 24.3 Å². The Kier molecular flexibility index (Phi) is 7.65. The summed E-state index contributed by atoms with van der Waals surface area (Å²) in [6.45, 7) is 0.574. The lowest BCUT2D eigenvalue weighted by Crippen LogP contribution is -2.42. The SMILES string of the molecule is NC(Cc1ccc(O)cc1)C(=O)NCCCCON(O)O. The van der Waals surface area contributed by atoms with Crippen LogP contribution in [0.15, 0.2) is 24.3 Å². The predicted molar refractivity (Wildman–Crippen MR) is 73.4 cm³/mol. The average molecular weight is 299 g/mol. The van der Waals surface area contributed by atoms with Gasteiger partial charge in [0.2, 0.25) is 5.91 Å². The normalized spacial score (nSPS) is 12.4. The van der Waals surface area contributed by atoms with Gasteiger partial charge in [0, 0.05) is 6.54 Å². The maximum absolute atomic E-state index is 11.8. The van der Waals surface area contributed by atoms with Gasteiger partial charge >= 0.3 is 0 Å². The second kappa shape index (κ2) is 9.27. The number of carbonyl (C=O) groups excluding carboxylic acids is 1. The molecule has 1 atom stereocenters. The van der Waals surface area contributed by atoms with Crippen LogP contribution in [0, 0.1) is 0 Å². The molecule has 1 aromatic carbocycles. The van der Waals surface area contributed by atoms with Gasteiger partial charge in [-0.15, -0.1) is 0 Å². The highest BCUT2D eigenvalue weighted by Crippen LogP contribution is 2.10. The van der Waals surface area contributed by atoms with E-state index in [4.69, 9.17) is 21.3 Å². The van der Waals surface area contributed by atoms with Crippen LogP contribution in [0.1, 0.15) is 18.4 Å². The van der Waals surface area contributed by atoms with E-state index in [1.807, 2.05) is 0 Å². The molecule has 0 aliphatic carbocycles. The molecule has 0 aliphatic heterocycles. The van der Waals surface area contributed by atoms with Crippen molar-refractivity contribution >= 4 is 5.91 Å². The van der Waals surface area contributed by atoms with Crippen molar-refractivity contribution in [1.82, 2.24) is 10.7 Å². The van der Waals surface area contributed by atoms with Crippen molar-refractivity contribution < 1.29 is 25.2 Å². The molecule has 1 amide bonds. The van der Waals surface area contributed by atoms with Crippen molar-refractivity contribution in [2.45, 2.75) is 25.3 Å². The van der Waals surface area contributed by atoms with Crippen molar-refractivity contribution in [3.05, 3.63) is 29.8 Å². The summed E-state index contributed by atoms with van der Waals surface area (Å²) in [6, 6.07) is 5.87. The Labute approximate surface area is 122 Å². The first-order chi connectivity index (χ1) is 9.99. The summed E-state index contributed by atoms with van der Waals surface area (Å²) < 4.78 is 0. The zero-order valence-corrected chi connectivity index (χ0v) is 11.6. The van der Waals surface area contributed by atoms with E-state index >= 15 is 0 Å². The number of phenols is 1. The third-order valence-electron chi connectivity index (χ3n) is 2.81. The van der Waals surface area contributed by atoms with Crippen molar-refractivity contribution in [1.29, 1.82) is 0 Å². The largest absolute Gasteiger partial charge is 0.508 e. The number of benzene rings is 1. The summed E-state index contributed by atoms with van der Waals surface area (Å²) in [5, 5.41) is 28.1. The van der Waals surface area contributed by atoms with Gasteiger partial charge in [0.15, 0.2) is 0 Å². The summed E-state index contributed by atoms with van der Waals surface area (Å²) in [6.07, 6.45) is 1.58. The minimum atomic E-state index is -0.656. The Balaban J connectivity index is 2.18. The van der Waals surface area contributed by atoms with Crippen LogP contribution < -0.4 is 11.1 Å². The van der Waals surface area contributed by atoms with Crippen LogP contribution in [0.2, 0.25) is 0 Å². The molecule has 6 N–H and O–H groups in total. The van der Waals surface area contributed by atoms with E-state index in [1.165, 1.54) is 0 Å². The lowest BCUT2D eigenvalue weighted by atomic mass is 10.1. The van der Waals surface area contributed by atoms with Gasteiger partial charge in [-0.2, -0.15) is 0 Å². The standard InChI is InChI=1S/C13H21N3O5/c14-12(9-10-3-5-11(17)6-4-10)13(18)15-7-1-2-8-21-16(19)20/h3-6,12,17,19-20H,1-2,7-9,14H2,(H,15,18). The van der Waals surface area contributed by atoms with Crippen LogP contribution in [-0.2, 0) is 16.1 Å². The number of unbranched alkanes of at least 4 members (excludes halogenated alkanes) is 1. The summed E-state index contributed by atoms with van der Waals surface area (Å²) in [7, 11) is 0. The van der Waals surface area contributed by atoms with Gasteiger partial charge in [-0.05, 0) is 37.0 Å². The molecule has 0 saturated carbocycles. The molecule has 8 heteroatoms.